The van der Waals surface area contributed by atoms with Crippen LogP contribution in [0.3, 0.4) is 0 Å². The predicted octanol–water partition coefficient (Wildman–Crippen LogP) is 5.97. The maximum absolute atomic E-state index is 12.5. The number of pyridine rings is 1. The highest BCUT2D eigenvalue weighted by molar-refractivity contribution is 7.17. The van der Waals surface area contributed by atoms with Gasteiger partial charge in [0.2, 0.25) is 0 Å². The Morgan fingerprint density at radius 3 is 2.63 bits per heavy atom. The van der Waals surface area contributed by atoms with Crippen LogP contribution in [-0.2, 0) is 0 Å². The third-order valence-electron chi connectivity index (χ3n) is 4.99. The second-order valence-corrected chi connectivity index (χ2v) is 8.11. The van der Waals surface area contributed by atoms with E-state index in [2.05, 4.69) is 4.98 Å². The summed E-state index contributed by atoms with van der Waals surface area (Å²) >= 11 is 7.82. The Morgan fingerprint density at radius 1 is 1.27 bits per heavy atom. The number of carboxylic acid groups (broad SMARTS) is 1. The molecule has 30 heavy (non-hydrogen) atoms. The van der Waals surface area contributed by atoms with Crippen molar-refractivity contribution >= 4 is 55.7 Å². The lowest BCUT2D eigenvalue weighted by molar-refractivity contribution is 0.202. The zero-order chi connectivity index (χ0) is 21.4. The molecule has 0 fully saturated rings. The highest BCUT2D eigenvalue weighted by Gasteiger charge is 2.20. The van der Waals surface area contributed by atoms with Crippen LogP contribution in [0.2, 0.25) is 5.02 Å². The van der Waals surface area contributed by atoms with Crippen molar-refractivity contribution in [2.45, 2.75) is 13.3 Å². The average Bonchev–Trinajstić information content (AvgIpc) is 3.23. The molecule has 8 heteroatoms. The Labute approximate surface area is 181 Å². The number of amides is 1. The third kappa shape index (κ3) is 3.30. The SMILES string of the molecule is CCCN(C(=O)O)c1ccc(-c2c(OC)cc(Cl)c3[nH]c(=O)c4sccc4c23)cc1. The number of aromatic amines is 1. The van der Waals surface area contributed by atoms with E-state index in [4.69, 9.17) is 16.3 Å². The standard InChI is InChI=1S/C22H19ClN2O4S/c1-3-9-25(22(27)28)13-6-4-12(5-7-13)17-16(29-2)11-15(23)19-18(17)14-8-10-30-20(14)21(26)24-19/h4-8,10-11H,3,9H2,1-2H3,(H,24,26)(H,27,28). The van der Waals surface area contributed by atoms with Crippen LogP contribution in [0.25, 0.3) is 32.1 Å². The van der Waals surface area contributed by atoms with Crippen molar-refractivity contribution in [2.75, 3.05) is 18.6 Å². The van der Waals surface area contributed by atoms with Crippen LogP contribution >= 0.6 is 22.9 Å². The number of H-pyrrole nitrogens is 1. The minimum absolute atomic E-state index is 0.183. The van der Waals surface area contributed by atoms with E-state index in [0.29, 0.717) is 39.6 Å². The van der Waals surface area contributed by atoms with Crippen LogP contribution in [-0.4, -0.2) is 29.8 Å². The smallest absolute Gasteiger partial charge is 0.411 e. The lowest BCUT2D eigenvalue weighted by atomic mass is 9.97. The fourth-order valence-corrected chi connectivity index (χ4v) is 4.72. The molecule has 0 aliphatic heterocycles. The van der Waals surface area contributed by atoms with Gasteiger partial charge in [-0.3, -0.25) is 9.69 Å². The van der Waals surface area contributed by atoms with E-state index >= 15 is 0 Å². The van der Waals surface area contributed by atoms with Gasteiger partial charge in [-0.2, -0.15) is 0 Å². The summed E-state index contributed by atoms with van der Waals surface area (Å²) in [5.74, 6) is 0.573. The number of carbonyl (C=O) groups is 1. The zero-order valence-corrected chi connectivity index (χ0v) is 17.9. The second kappa shape index (κ2) is 8.01. The van der Waals surface area contributed by atoms with Crippen LogP contribution < -0.4 is 15.2 Å². The summed E-state index contributed by atoms with van der Waals surface area (Å²) in [5.41, 5.74) is 2.58. The molecule has 0 aliphatic rings. The number of thiophene rings is 1. The van der Waals surface area contributed by atoms with E-state index in [1.54, 1.807) is 25.3 Å². The first kappa shape index (κ1) is 20.3. The number of nitrogens with zero attached hydrogens (tertiary/aromatic N) is 1. The van der Waals surface area contributed by atoms with Crippen molar-refractivity contribution in [1.29, 1.82) is 0 Å². The van der Waals surface area contributed by atoms with Crippen molar-refractivity contribution in [3.8, 4) is 16.9 Å². The third-order valence-corrected chi connectivity index (χ3v) is 6.20. The maximum atomic E-state index is 12.5. The van der Waals surface area contributed by atoms with Crippen LogP contribution in [0.5, 0.6) is 5.75 Å². The molecule has 0 saturated heterocycles. The molecule has 0 spiro atoms. The van der Waals surface area contributed by atoms with Crippen LogP contribution in [0.1, 0.15) is 13.3 Å². The minimum atomic E-state index is -0.989. The fourth-order valence-electron chi connectivity index (χ4n) is 3.69. The molecule has 4 aromatic rings. The molecule has 0 unspecified atom stereocenters. The molecule has 0 atom stereocenters. The van der Waals surface area contributed by atoms with Crippen LogP contribution in [0.4, 0.5) is 10.5 Å². The maximum Gasteiger partial charge on any atom is 0.411 e. The molecule has 2 aromatic carbocycles. The molecule has 2 aromatic heterocycles. The van der Waals surface area contributed by atoms with E-state index in [-0.39, 0.29) is 5.56 Å². The highest BCUT2D eigenvalue weighted by atomic mass is 35.5. The molecular formula is C22H19ClN2O4S. The molecule has 2 N–H and O–H groups in total. The first-order chi connectivity index (χ1) is 14.5. The number of fused-ring (bicyclic) bond motifs is 3. The van der Waals surface area contributed by atoms with Gasteiger partial charge in [0.25, 0.3) is 5.56 Å². The highest BCUT2D eigenvalue weighted by Crippen LogP contribution is 2.43. The van der Waals surface area contributed by atoms with Gasteiger partial charge in [0.1, 0.15) is 10.4 Å². The summed E-state index contributed by atoms with van der Waals surface area (Å²) < 4.78 is 6.24. The van der Waals surface area contributed by atoms with Gasteiger partial charge < -0.3 is 14.8 Å². The van der Waals surface area contributed by atoms with Gasteiger partial charge in [-0.05, 0) is 35.6 Å². The second-order valence-electron chi connectivity index (χ2n) is 6.78. The van der Waals surface area contributed by atoms with E-state index in [9.17, 15) is 14.7 Å². The van der Waals surface area contributed by atoms with Crippen molar-refractivity contribution in [1.82, 2.24) is 4.98 Å². The number of nitrogens with one attached hydrogen (secondary N) is 1. The molecule has 0 radical (unpaired) electrons. The Morgan fingerprint density at radius 2 is 2.00 bits per heavy atom. The minimum Gasteiger partial charge on any atom is -0.496 e. The summed E-state index contributed by atoms with van der Waals surface area (Å²) in [5, 5.41) is 13.3. The largest absolute Gasteiger partial charge is 0.496 e. The molecule has 0 aliphatic carbocycles. The van der Waals surface area contributed by atoms with Crippen LogP contribution in [0.15, 0.2) is 46.6 Å². The lowest BCUT2D eigenvalue weighted by Gasteiger charge is -2.19. The molecule has 4 rings (SSSR count). The van der Waals surface area contributed by atoms with Gasteiger partial charge in [0, 0.05) is 34.6 Å². The Balaban J connectivity index is 1.98. The average molecular weight is 443 g/mol. The number of anilines is 1. The van der Waals surface area contributed by atoms with E-state index < -0.39 is 6.09 Å². The summed E-state index contributed by atoms with van der Waals surface area (Å²) in [6.07, 6.45) is -0.274. The quantitative estimate of drug-likeness (QED) is 0.399. The molecule has 0 saturated carbocycles. The predicted molar refractivity (Wildman–Crippen MR) is 123 cm³/mol. The number of methoxy groups -OCH3 is 1. The zero-order valence-electron chi connectivity index (χ0n) is 16.4. The monoisotopic (exact) mass is 442 g/mol. The first-order valence-corrected chi connectivity index (χ1v) is 10.6. The number of rotatable bonds is 5. The van der Waals surface area contributed by atoms with Crippen molar-refractivity contribution in [2.24, 2.45) is 0 Å². The summed E-state index contributed by atoms with van der Waals surface area (Å²) in [6, 6.07) is 10.8. The van der Waals surface area contributed by atoms with Gasteiger partial charge in [-0.25, -0.2) is 4.79 Å². The van der Waals surface area contributed by atoms with Crippen molar-refractivity contribution in [3.63, 3.8) is 0 Å². The molecule has 6 nitrogen and oxygen atoms in total. The summed E-state index contributed by atoms with van der Waals surface area (Å²) in [6.45, 7) is 2.35. The Kier molecular flexibility index (Phi) is 5.40. The number of hydrogen-bond acceptors (Lipinski definition) is 4. The van der Waals surface area contributed by atoms with Gasteiger partial charge >= 0.3 is 6.09 Å². The first-order valence-electron chi connectivity index (χ1n) is 9.36. The Bertz CT molecular complexity index is 1310. The number of halogens is 1. The Hall–Kier alpha value is -3.03. The summed E-state index contributed by atoms with van der Waals surface area (Å²) in [4.78, 5) is 28.2. The van der Waals surface area contributed by atoms with Crippen molar-refractivity contribution < 1.29 is 14.6 Å². The van der Waals surface area contributed by atoms with E-state index in [1.807, 2.05) is 30.5 Å². The number of aromatic nitrogens is 1. The fraction of sp³-hybridized carbons (Fsp3) is 0.182. The molecule has 2 heterocycles. The van der Waals surface area contributed by atoms with Crippen LogP contribution in [0, 0.1) is 0 Å². The topological polar surface area (TPSA) is 82.6 Å². The molecule has 1 amide bonds. The molecule has 154 valence electrons. The number of hydrogen-bond donors (Lipinski definition) is 2. The number of ether oxygens (including phenoxy) is 1. The molecule has 0 bridgehead atoms. The lowest BCUT2D eigenvalue weighted by Crippen LogP contribution is -2.29. The van der Waals surface area contributed by atoms with Gasteiger partial charge in [-0.1, -0.05) is 30.7 Å². The number of benzene rings is 2. The van der Waals surface area contributed by atoms with Gasteiger partial charge in [0.15, 0.2) is 0 Å². The van der Waals surface area contributed by atoms with E-state index in [1.165, 1.54) is 16.2 Å². The summed E-state index contributed by atoms with van der Waals surface area (Å²) in [7, 11) is 1.57. The van der Waals surface area contributed by atoms with Gasteiger partial charge in [0.05, 0.1) is 17.6 Å². The normalized spacial score (nSPS) is 11.2. The van der Waals surface area contributed by atoms with Gasteiger partial charge in [-0.15, -0.1) is 11.3 Å². The molecular weight excluding hydrogens is 424 g/mol. The van der Waals surface area contributed by atoms with E-state index in [0.717, 1.165) is 21.9 Å². The van der Waals surface area contributed by atoms with Crippen molar-refractivity contribution in [3.05, 3.63) is 57.2 Å².